The first kappa shape index (κ1) is 18.5. The quantitative estimate of drug-likeness (QED) is 0.470. The molecule has 0 fully saturated rings. The Hall–Kier alpha value is -2.89. The number of amides is 1. The minimum Gasteiger partial charge on any atom is -0.497 e. The van der Waals surface area contributed by atoms with Crippen LogP contribution in [-0.4, -0.2) is 18.0 Å². The van der Waals surface area contributed by atoms with Gasteiger partial charge in [0.15, 0.2) is 0 Å². The van der Waals surface area contributed by atoms with E-state index in [2.05, 4.69) is 5.32 Å². The smallest absolute Gasteiger partial charge is 0.252 e. The Morgan fingerprint density at radius 3 is 2.61 bits per heavy atom. The minimum atomic E-state index is -0.140. The maximum atomic E-state index is 13.0. The number of aromatic nitrogens is 1. The van der Waals surface area contributed by atoms with Gasteiger partial charge >= 0.3 is 0 Å². The highest BCUT2D eigenvalue weighted by molar-refractivity contribution is 7.19. The van der Waals surface area contributed by atoms with Crippen LogP contribution in [0.15, 0.2) is 66.7 Å². The number of carbonyl (C=O) groups is 1. The number of nitrogens with zero attached hydrogens (tertiary/aromatic N) is 1. The summed E-state index contributed by atoms with van der Waals surface area (Å²) in [6, 6.07) is 20.9. The zero-order valence-corrected chi connectivity index (χ0v) is 16.7. The van der Waals surface area contributed by atoms with Gasteiger partial charge in [-0.15, -0.1) is 11.3 Å². The molecule has 0 aliphatic rings. The van der Waals surface area contributed by atoms with E-state index in [1.165, 1.54) is 11.3 Å². The van der Waals surface area contributed by atoms with E-state index in [1.807, 2.05) is 66.7 Å². The van der Waals surface area contributed by atoms with Crippen molar-refractivity contribution >= 4 is 39.7 Å². The largest absolute Gasteiger partial charge is 0.497 e. The van der Waals surface area contributed by atoms with Crippen LogP contribution in [0.2, 0.25) is 4.34 Å². The van der Waals surface area contributed by atoms with Crippen LogP contribution in [0.1, 0.15) is 15.9 Å². The lowest BCUT2D eigenvalue weighted by Gasteiger charge is -2.10. The maximum Gasteiger partial charge on any atom is 0.252 e. The van der Waals surface area contributed by atoms with E-state index in [9.17, 15) is 4.79 Å². The normalized spacial score (nSPS) is 10.8. The molecule has 1 N–H and O–H groups in total. The molecule has 0 bridgehead atoms. The summed E-state index contributed by atoms with van der Waals surface area (Å²) in [4.78, 5) is 18.6. The number of pyridine rings is 1. The molecule has 2 aromatic heterocycles. The highest BCUT2D eigenvalue weighted by atomic mass is 35.5. The Labute approximate surface area is 171 Å². The van der Waals surface area contributed by atoms with Gasteiger partial charge in [0.2, 0.25) is 0 Å². The Morgan fingerprint density at radius 1 is 1.11 bits per heavy atom. The first-order valence-electron chi connectivity index (χ1n) is 8.70. The van der Waals surface area contributed by atoms with Crippen LogP contribution in [0.25, 0.3) is 21.5 Å². The number of hydrogen-bond acceptors (Lipinski definition) is 4. The lowest BCUT2D eigenvalue weighted by atomic mass is 10.1. The van der Waals surface area contributed by atoms with Crippen molar-refractivity contribution in [3.8, 4) is 16.3 Å². The SMILES string of the molecule is COc1ccc(CNC(=O)c2cc(-c3ccc(Cl)s3)nc3ccccc23)cc1. The first-order valence-corrected chi connectivity index (χ1v) is 9.90. The van der Waals surface area contributed by atoms with Crippen molar-refractivity contribution in [2.24, 2.45) is 0 Å². The molecule has 0 saturated carbocycles. The number of thiophene rings is 1. The molecule has 4 aromatic rings. The zero-order chi connectivity index (χ0) is 19.5. The Kier molecular flexibility index (Phi) is 5.28. The number of rotatable bonds is 5. The van der Waals surface area contributed by atoms with Gasteiger partial charge in [-0.3, -0.25) is 4.79 Å². The van der Waals surface area contributed by atoms with Gasteiger partial charge < -0.3 is 10.1 Å². The molecule has 4 nitrogen and oxygen atoms in total. The van der Waals surface area contributed by atoms with E-state index in [-0.39, 0.29) is 5.91 Å². The number of methoxy groups -OCH3 is 1. The van der Waals surface area contributed by atoms with E-state index < -0.39 is 0 Å². The molecule has 4 rings (SSSR count). The molecular formula is C22H17ClN2O2S. The van der Waals surface area contributed by atoms with Crippen molar-refractivity contribution in [1.29, 1.82) is 0 Å². The average Bonchev–Trinajstić information content (AvgIpc) is 3.18. The predicted molar refractivity (Wildman–Crippen MR) is 114 cm³/mol. The second kappa shape index (κ2) is 8.00. The predicted octanol–water partition coefficient (Wildman–Crippen LogP) is 5.56. The number of benzene rings is 2. The Balaban J connectivity index is 1.64. The van der Waals surface area contributed by atoms with Crippen LogP contribution in [0, 0.1) is 0 Å². The van der Waals surface area contributed by atoms with E-state index in [0.717, 1.165) is 32.8 Å². The molecule has 140 valence electrons. The van der Waals surface area contributed by atoms with Crippen LogP contribution in [0.3, 0.4) is 0 Å². The number of hydrogen-bond donors (Lipinski definition) is 1. The highest BCUT2D eigenvalue weighted by Crippen LogP contribution is 2.32. The van der Waals surface area contributed by atoms with Crippen molar-refractivity contribution in [2.45, 2.75) is 6.54 Å². The zero-order valence-electron chi connectivity index (χ0n) is 15.1. The molecule has 2 aromatic carbocycles. The summed E-state index contributed by atoms with van der Waals surface area (Å²) >= 11 is 7.52. The fraction of sp³-hybridized carbons (Fsp3) is 0.0909. The number of fused-ring (bicyclic) bond motifs is 1. The molecule has 0 radical (unpaired) electrons. The molecule has 0 aliphatic heterocycles. The van der Waals surface area contributed by atoms with Crippen LogP contribution in [-0.2, 0) is 6.54 Å². The molecule has 1 amide bonds. The van der Waals surface area contributed by atoms with Crippen LogP contribution in [0.4, 0.5) is 0 Å². The third kappa shape index (κ3) is 3.86. The monoisotopic (exact) mass is 408 g/mol. The van der Waals surface area contributed by atoms with Gasteiger partial charge in [0.1, 0.15) is 5.75 Å². The summed E-state index contributed by atoms with van der Waals surface area (Å²) in [6.45, 7) is 0.430. The summed E-state index contributed by atoms with van der Waals surface area (Å²) in [5, 5.41) is 3.82. The summed E-state index contributed by atoms with van der Waals surface area (Å²) in [6.07, 6.45) is 0. The second-order valence-electron chi connectivity index (χ2n) is 6.21. The topological polar surface area (TPSA) is 51.2 Å². The standard InChI is InChI=1S/C22H17ClN2O2S/c1-27-15-8-6-14(7-9-15)13-24-22(26)17-12-19(20-10-11-21(23)28-20)25-18-5-3-2-4-16(17)18/h2-12H,13H2,1H3,(H,24,26). The van der Waals surface area contributed by atoms with Crippen molar-refractivity contribution in [3.05, 3.63) is 82.2 Å². The average molecular weight is 409 g/mol. The van der Waals surface area contributed by atoms with Crippen LogP contribution >= 0.6 is 22.9 Å². The lowest BCUT2D eigenvalue weighted by molar-refractivity contribution is 0.0952. The molecule has 0 atom stereocenters. The lowest BCUT2D eigenvalue weighted by Crippen LogP contribution is -2.23. The van der Waals surface area contributed by atoms with E-state index in [1.54, 1.807) is 7.11 Å². The van der Waals surface area contributed by atoms with Crippen LogP contribution in [0.5, 0.6) is 5.75 Å². The Bertz CT molecular complexity index is 1140. The van der Waals surface area contributed by atoms with Gasteiger partial charge in [-0.2, -0.15) is 0 Å². The van der Waals surface area contributed by atoms with Gasteiger partial charge in [-0.25, -0.2) is 4.98 Å². The van der Waals surface area contributed by atoms with Gasteiger partial charge in [0.05, 0.1) is 33.1 Å². The second-order valence-corrected chi connectivity index (χ2v) is 7.92. The molecular weight excluding hydrogens is 392 g/mol. The molecule has 6 heteroatoms. The van der Waals surface area contributed by atoms with Gasteiger partial charge in [0.25, 0.3) is 5.91 Å². The van der Waals surface area contributed by atoms with Crippen molar-refractivity contribution in [1.82, 2.24) is 10.3 Å². The van der Waals surface area contributed by atoms with Crippen LogP contribution < -0.4 is 10.1 Å². The van der Waals surface area contributed by atoms with Crippen molar-refractivity contribution in [2.75, 3.05) is 7.11 Å². The van der Waals surface area contributed by atoms with E-state index in [0.29, 0.717) is 16.4 Å². The Morgan fingerprint density at radius 2 is 1.89 bits per heavy atom. The number of carbonyl (C=O) groups excluding carboxylic acids is 1. The van der Waals surface area contributed by atoms with Gasteiger partial charge in [0, 0.05) is 11.9 Å². The molecule has 28 heavy (non-hydrogen) atoms. The highest BCUT2D eigenvalue weighted by Gasteiger charge is 2.14. The van der Waals surface area contributed by atoms with Gasteiger partial charge in [-0.1, -0.05) is 41.9 Å². The summed E-state index contributed by atoms with van der Waals surface area (Å²) in [5.41, 5.74) is 3.11. The van der Waals surface area contributed by atoms with E-state index in [4.69, 9.17) is 21.3 Å². The molecule has 0 spiro atoms. The summed E-state index contributed by atoms with van der Waals surface area (Å²) in [7, 11) is 1.63. The minimum absolute atomic E-state index is 0.140. The fourth-order valence-electron chi connectivity index (χ4n) is 2.96. The first-order chi connectivity index (χ1) is 13.6. The van der Waals surface area contributed by atoms with Crippen molar-refractivity contribution < 1.29 is 9.53 Å². The summed E-state index contributed by atoms with van der Waals surface area (Å²) < 4.78 is 5.86. The van der Waals surface area contributed by atoms with Crippen molar-refractivity contribution in [3.63, 3.8) is 0 Å². The third-order valence-corrected chi connectivity index (χ3v) is 5.65. The number of para-hydroxylation sites is 1. The number of halogens is 1. The molecule has 0 saturated heterocycles. The third-order valence-electron chi connectivity index (χ3n) is 4.40. The molecule has 0 unspecified atom stereocenters. The molecule has 2 heterocycles. The molecule has 0 aliphatic carbocycles. The van der Waals surface area contributed by atoms with Gasteiger partial charge in [-0.05, 0) is 42.0 Å². The fourth-order valence-corrected chi connectivity index (χ4v) is 3.97. The number of nitrogens with one attached hydrogen (secondary N) is 1. The van der Waals surface area contributed by atoms with E-state index >= 15 is 0 Å². The maximum absolute atomic E-state index is 13.0. The summed E-state index contributed by atoms with van der Waals surface area (Å²) in [5.74, 6) is 0.646. The number of ether oxygens (including phenoxy) is 1.